The van der Waals surface area contributed by atoms with E-state index in [9.17, 15) is 9.90 Å². The highest BCUT2D eigenvalue weighted by atomic mass is 16.5. The fourth-order valence-corrected chi connectivity index (χ4v) is 2.40. The molecule has 0 atom stereocenters. The van der Waals surface area contributed by atoms with E-state index in [0.717, 1.165) is 12.8 Å². The summed E-state index contributed by atoms with van der Waals surface area (Å²) in [5, 5.41) is 9.26. The average Bonchev–Trinajstić information content (AvgIpc) is 2.35. The molecule has 0 aliphatic heterocycles. The van der Waals surface area contributed by atoms with Gasteiger partial charge in [0.25, 0.3) is 5.91 Å². The molecule has 3 N–H and O–H groups in total. The summed E-state index contributed by atoms with van der Waals surface area (Å²) in [4.78, 5) is 13.9. The predicted molar refractivity (Wildman–Crippen MR) is 73.1 cm³/mol. The largest absolute Gasteiger partial charge is 0.497 e. The van der Waals surface area contributed by atoms with Gasteiger partial charge in [-0.2, -0.15) is 0 Å². The maximum absolute atomic E-state index is 12.3. The molecule has 1 aliphatic carbocycles. The number of carbonyl (C=O) groups is 1. The number of aliphatic hydroxyl groups is 1. The number of ether oxygens (including phenoxy) is 1. The summed E-state index contributed by atoms with van der Waals surface area (Å²) in [5.41, 5.74) is 6.78. The minimum atomic E-state index is -0.194. The Labute approximate surface area is 113 Å². The molecule has 2 rings (SSSR count). The van der Waals surface area contributed by atoms with Gasteiger partial charge in [-0.05, 0) is 30.9 Å². The summed E-state index contributed by atoms with van der Waals surface area (Å²) in [6.45, 7) is 0.660. The fraction of sp³-hybridized carbons (Fsp3) is 0.500. The number of aliphatic hydroxyl groups excluding tert-OH is 1. The second kappa shape index (κ2) is 5.48. The van der Waals surface area contributed by atoms with Gasteiger partial charge in [-0.3, -0.25) is 4.79 Å². The molecule has 1 aliphatic rings. The lowest BCUT2D eigenvalue weighted by molar-refractivity contribution is 0.0265. The van der Waals surface area contributed by atoms with Gasteiger partial charge in [-0.1, -0.05) is 0 Å². The van der Waals surface area contributed by atoms with E-state index in [2.05, 4.69) is 0 Å². The van der Waals surface area contributed by atoms with E-state index < -0.39 is 0 Å². The molecule has 1 amide bonds. The Balaban J connectivity index is 2.03. The summed E-state index contributed by atoms with van der Waals surface area (Å²) >= 11 is 0. The molecular formula is C14H20N2O3. The Morgan fingerprint density at radius 2 is 2.16 bits per heavy atom. The van der Waals surface area contributed by atoms with Crippen molar-refractivity contribution in [1.82, 2.24) is 4.90 Å². The Morgan fingerprint density at radius 3 is 2.74 bits per heavy atom. The molecular weight excluding hydrogens is 244 g/mol. The van der Waals surface area contributed by atoms with Crippen LogP contribution in [0.15, 0.2) is 18.2 Å². The predicted octanol–water partition coefficient (Wildman–Crippen LogP) is 1.12. The summed E-state index contributed by atoms with van der Waals surface area (Å²) in [6.07, 6.45) is 1.36. The molecule has 1 fully saturated rings. The van der Waals surface area contributed by atoms with Crippen LogP contribution in [0.4, 0.5) is 5.69 Å². The molecule has 0 unspecified atom stereocenters. The average molecular weight is 264 g/mol. The lowest BCUT2D eigenvalue weighted by Crippen LogP contribution is -2.39. The summed E-state index contributed by atoms with van der Waals surface area (Å²) in [5.74, 6) is 0.898. The smallest absolute Gasteiger partial charge is 0.253 e. The van der Waals surface area contributed by atoms with Crippen molar-refractivity contribution >= 4 is 11.6 Å². The van der Waals surface area contributed by atoms with Gasteiger partial charge >= 0.3 is 0 Å². The molecule has 104 valence electrons. The van der Waals surface area contributed by atoms with Crippen molar-refractivity contribution in [3.05, 3.63) is 23.8 Å². The van der Waals surface area contributed by atoms with Gasteiger partial charge in [0.15, 0.2) is 0 Å². The number of hydrogen-bond acceptors (Lipinski definition) is 4. The van der Waals surface area contributed by atoms with Gasteiger partial charge in [-0.15, -0.1) is 0 Å². The van der Waals surface area contributed by atoms with E-state index in [1.807, 2.05) is 0 Å². The van der Waals surface area contributed by atoms with Crippen LogP contribution in [0.1, 0.15) is 23.2 Å². The van der Waals surface area contributed by atoms with E-state index in [4.69, 9.17) is 10.5 Å². The van der Waals surface area contributed by atoms with Crippen molar-refractivity contribution < 1.29 is 14.6 Å². The van der Waals surface area contributed by atoms with Crippen molar-refractivity contribution in [1.29, 1.82) is 0 Å². The third-order valence-corrected chi connectivity index (χ3v) is 3.50. The van der Waals surface area contributed by atoms with Crippen LogP contribution in [-0.4, -0.2) is 42.7 Å². The van der Waals surface area contributed by atoms with Crippen molar-refractivity contribution in [2.45, 2.75) is 18.9 Å². The third-order valence-electron chi connectivity index (χ3n) is 3.50. The third kappa shape index (κ3) is 3.17. The standard InChI is InChI=1S/C14H20N2O3/c1-16(8-9-3-12(17)4-9)14(18)10-5-11(15)7-13(6-10)19-2/h5-7,9,12,17H,3-4,8,15H2,1-2H3. The van der Waals surface area contributed by atoms with E-state index in [-0.39, 0.29) is 12.0 Å². The highest BCUT2D eigenvalue weighted by molar-refractivity contribution is 5.95. The topological polar surface area (TPSA) is 75.8 Å². The summed E-state index contributed by atoms with van der Waals surface area (Å²) < 4.78 is 5.11. The minimum absolute atomic E-state index is 0.0769. The number of methoxy groups -OCH3 is 1. The molecule has 19 heavy (non-hydrogen) atoms. The number of amides is 1. The highest BCUT2D eigenvalue weighted by Crippen LogP contribution is 2.28. The highest BCUT2D eigenvalue weighted by Gasteiger charge is 2.29. The van der Waals surface area contributed by atoms with Crippen LogP contribution in [0.25, 0.3) is 0 Å². The van der Waals surface area contributed by atoms with Crippen molar-refractivity contribution in [3.8, 4) is 5.75 Å². The maximum atomic E-state index is 12.3. The van der Waals surface area contributed by atoms with Crippen LogP contribution >= 0.6 is 0 Å². The Hall–Kier alpha value is -1.75. The molecule has 0 bridgehead atoms. The maximum Gasteiger partial charge on any atom is 0.253 e. The number of nitrogen functional groups attached to an aromatic ring is 1. The number of benzene rings is 1. The van der Waals surface area contributed by atoms with Crippen LogP contribution in [0.2, 0.25) is 0 Å². The lowest BCUT2D eigenvalue weighted by atomic mass is 9.82. The molecule has 5 nitrogen and oxygen atoms in total. The minimum Gasteiger partial charge on any atom is -0.497 e. The number of nitrogens with zero attached hydrogens (tertiary/aromatic N) is 1. The second-order valence-electron chi connectivity index (χ2n) is 5.17. The van der Waals surface area contributed by atoms with Crippen molar-refractivity contribution in [2.24, 2.45) is 5.92 Å². The summed E-state index contributed by atoms with van der Waals surface area (Å²) in [6, 6.07) is 5.01. The Bertz CT molecular complexity index is 470. The molecule has 0 spiro atoms. The number of carbonyl (C=O) groups excluding carboxylic acids is 1. The van der Waals surface area contributed by atoms with Crippen LogP contribution in [-0.2, 0) is 0 Å². The normalized spacial score (nSPS) is 21.6. The van der Waals surface area contributed by atoms with Gasteiger partial charge in [0.1, 0.15) is 5.75 Å². The Kier molecular flexibility index (Phi) is 3.95. The quantitative estimate of drug-likeness (QED) is 0.799. The van der Waals surface area contributed by atoms with E-state index >= 15 is 0 Å². The first-order chi connectivity index (χ1) is 8.99. The Morgan fingerprint density at radius 1 is 1.47 bits per heavy atom. The first kappa shape index (κ1) is 13.7. The zero-order valence-corrected chi connectivity index (χ0v) is 11.3. The molecule has 5 heteroatoms. The van der Waals surface area contributed by atoms with Crippen LogP contribution < -0.4 is 10.5 Å². The molecule has 0 aromatic heterocycles. The lowest BCUT2D eigenvalue weighted by Gasteiger charge is -2.34. The van der Waals surface area contributed by atoms with Crippen molar-refractivity contribution in [3.63, 3.8) is 0 Å². The molecule has 0 heterocycles. The molecule has 0 radical (unpaired) electrons. The van der Waals surface area contributed by atoms with Gasteiger partial charge in [0.05, 0.1) is 13.2 Å². The zero-order valence-electron chi connectivity index (χ0n) is 11.3. The van der Waals surface area contributed by atoms with Crippen LogP contribution in [0, 0.1) is 5.92 Å². The first-order valence-corrected chi connectivity index (χ1v) is 6.37. The van der Waals surface area contributed by atoms with E-state index in [1.54, 1.807) is 37.3 Å². The number of nitrogens with two attached hydrogens (primary N) is 1. The molecule has 1 aromatic rings. The zero-order chi connectivity index (χ0) is 14.0. The van der Waals surface area contributed by atoms with E-state index in [0.29, 0.717) is 29.5 Å². The van der Waals surface area contributed by atoms with Gasteiger partial charge < -0.3 is 20.5 Å². The SMILES string of the molecule is COc1cc(N)cc(C(=O)N(C)CC2CC(O)C2)c1. The van der Waals surface area contributed by atoms with Crippen LogP contribution in [0.5, 0.6) is 5.75 Å². The molecule has 1 aromatic carbocycles. The van der Waals surface area contributed by atoms with Gasteiger partial charge in [-0.25, -0.2) is 0 Å². The number of anilines is 1. The van der Waals surface area contributed by atoms with E-state index in [1.165, 1.54) is 0 Å². The van der Waals surface area contributed by atoms with Gasteiger partial charge in [0.2, 0.25) is 0 Å². The molecule has 0 saturated heterocycles. The molecule has 1 saturated carbocycles. The number of rotatable bonds is 4. The number of hydrogen-bond donors (Lipinski definition) is 2. The first-order valence-electron chi connectivity index (χ1n) is 6.37. The van der Waals surface area contributed by atoms with Gasteiger partial charge in [0, 0.05) is 30.9 Å². The van der Waals surface area contributed by atoms with Crippen molar-refractivity contribution in [2.75, 3.05) is 26.4 Å². The second-order valence-corrected chi connectivity index (χ2v) is 5.17. The fourth-order valence-electron chi connectivity index (χ4n) is 2.40. The van der Waals surface area contributed by atoms with Crippen LogP contribution in [0.3, 0.4) is 0 Å². The monoisotopic (exact) mass is 264 g/mol. The summed E-state index contributed by atoms with van der Waals surface area (Å²) in [7, 11) is 3.31.